The van der Waals surface area contributed by atoms with Crippen LogP contribution in [0.5, 0.6) is 0 Å². The molecular formula is C24H24FN3OS2. The highest BCUT2D eigenvalue weighted by Gasteiger charge is 2.45. The third kappa shape index (κ3) is 3.68. The van der Waals surface area contributed by atoms with Crippen LogP contribution in [0.1, 0.15) is 43.0 Å². The van der Waals surface area contributed by atoms with Gasteiger partial charge in [0.25, 0.3) is 0 Å². The number of thiophene rings is 1. The highest BCUT2D eigenvalue weighted by molar-refractivity contribution is 8.00. The molecule has 4 rings (SSSR count). The summed E-state index contributed by atoms with van der Waals surface area (Å²) in [4.78, 5) is 16.4. The van der Waals surface area contributed by atoms with E-state index in [1.807, 2.05) is 13.2 Å². The molecule has 0 saturated heterocycles. The number of nitrogens with two attached hydrogens (primary N) is 1. The molecule has 31 heavy (non-hydrogen) atoms. The first-order chi connectivity index (χ1) is 14.7. The number of rotatable bonds is 3. The molecule has 1 atom stereocenters. The van der Waals surface area contributed by atoms with E-state index in [0.29, 0.717) is 35.5 Å². The number of benzene rings is 1. The zero-order chi connectivity index (χ0) is 22.5. The summed E-state index contributed by atoms with van der Waals surface area (Å²) in [5.41, 5.74) is 9.80. The zero-order valence-corrected chi connectivity index (χ0v) is 19.6. The molecule has 2 aliphatic rings. The minimum atomic E-state index is -0.479. The lowest BCUT2D eigenvalue weighted by Gasteiger charge is -2.43. The largest absolute Gasteiger partial charge is 0.384 e. The zero-order valence-electron chi connectivity index (χ0n) is 18.0. The van der Waals surface area contributed by atoms with Crippen molar-refractivity contribution in [2.24, 2.45) is 11.1 Å². The van der Waals surface area contributed by atoms with E-state index in [1.165, 1.54) is 12.1 Å². The van der Waals surface area contributed by atoms with Gasteiger partial charge in [-0.05, 0) is 60.9 Å². The first-order valence-electron chi connectivity index (χ1n) is 10.0. The predicted molar refractivity (Wildman–Crippen MR) is 124 cm³/mol. The molecule has 2 N–H and O–H groups in total. The SMILES string of the molecule is CSc1sc(C)cc1C1C(C#N)=C(N)N(c2ccc(F)cc2)C2=C1C(=O)CC(C)(C)C2. The highest BCUT2D eigenvalue weighted by Crippen LogP contribution is 2.52. The molecule has 0 amide bonds. The van der Waals surface area contributed by atoms with Crippen LogP contribution < -0.4 is 10.6 Å². The van der Waals surface area contributed by atoms with Crippen molar-refractivity contribution in [1.82, 2.24) is 0 Å². The van der Waals surface area contributed by atoms with Gasteiger partial charge in [-0.1, -0.05) is 13.8 Å². The average Bonchev–Trinajstić information content (AvgIpc) is 3.07. The summed E-state index contributed by atoms with van der Waals surface area (Å²) < 4.78 is 14.7. The number of allylic oxidation sites excluding steroid dienone is 3. The van der Waals surface area contributed by atoms with Crippen LogP contribution in [0, 0.1) is 29.5 Å². The quantitative estimate of drug-likeness (QED) is 0.590. The second kappa shape index (κ2) is 7.85. The second-order valence-electron chi connectivity index (χ2n) is 8.76. The minimum Gasteiger partial charge on any atom is -0.384 e. The maximum Gasteiger partial charge on any atom is 0.162 e. The number of nitriles is 1. The van der Waals surface area contributed by atoms with E-state index in [4.69, 9.17) is 5.73 Å². The van der Waals surface area contributed by atoms with Gasteiger partial charge in [-0.15, -0.1) is 23.1 Å². The summed E-state index contributed by atoms with van der Waals surface area (Å²) in [6.07, 6.45) is 3.05. The molecule has 1 aromatic heterocycles. The van der Waals surface area contributed by atoms with Gasteiger partial charge in [0, 0.05) is 28.3 Å². The van der Waals surface area contributed by atoms with Crippen molar-refractivity contribution in [3.8, 4) is 6.07 Å². The van der Waals surface area contributed by atoms with Gasteiger partial charge < -0.3 is 5.73 Å². The van der Waals surface area contributed by atoms with Gasteiger partial charge in [0.1, 0.15) is 11.6 Å². The van der Waals surface area contributed by atoms with Gasteiger partial charge in [0.05, 0.1) is 21.8 Å². The molecule has 0 radical (unpaired) electrons. The molecule has 1 aromatic carbocycles. The number of carbonyl (C=O) groups is 1. The molecule has 1 unspecified atom stereocenters. The summed E-state index contributed by atoms with van der Waals surface area (Å²) in [7, 11) is 0. The Bertz CT molecular complexity index is 1170. The summed E-state index contributed by atoms with van der Waals surface area (Å²) in [6, 6.07) is 10.4. The molecule has 0 saturated carbocycles. The Kier molecular flexibility index (Phi) is 5.48. The fourth-order valence-electron chi connectivity index (χ4n) is 4.58. The number of aryl methyl sites for hydroxylation is 1. The Morgan fingerprint density at radius 3 is 2.58 bits per heavy atom. The Morgan fingerprint density at radius 2 is 1.97 bits per heavy atom. The second-order valence-corrected chi connectivity index (χ2v) is 11.1. The van der Waals surface area contributed by atoms with Crippen molar-refractivity contribution in [2.75, 3.05) is 11.2 Å². The van der Waals surface area contributed by atoms with Crippen LogP contribution in [-0.2, 0) is 4.79 Å². The van der Waals surface area contributed by atoms with Crippen LogP contribution in [0.3, 0.4) is 0 Å². The molecular weight excluding hydrogens is 429 g/mol. The lowest BCUT2D eigenvalue weighted by atomic mass is 9.69. The van der Waals surface area contributed by atoms with Gasteiger partial charge in [0.15, 0.2) is 5.78 Å². The summed E-state index contributed by atoms with van der Waals surface area (Å²) in [5, 5.41) is 10.1. The Hall–Kier alpha value is -2.56. The lowest BCUT2D eigenvalue weighted by molar-refractivity contribution is -0.118. The number of Topliss-reactive ketones (excluding diaryl/α,β-unsaturated/α-hetero) is 1. The molecule has 4 nitrogen and oxygen atoms in total. The van der Waals surface area contributed by atoms with Crippen LogP contribution in [0.2, 0.25) is 0 Å². The highest BCUT2D eigenvalue weighted by atomic mass is 32.2. The number of anilines is 1. The van der Waals surface area contributed by atoms with E-state index in [-0.39, 0.29) is 17.0 Å². The lowest BCUT2D eigenvalue weighted by Crippen LogP contribution is -2.42. The van der Waals surface area contributed by atoms with Crippen LogP contribution in [0.25, 0.3) is 0 Å². The van der Waals surface area contributed by atoms with Crippen LogP contribution in [0.15, 0.2) is 57.2 Å². The number of ketones is 1. The fraction of sp³-hybridized carbons (Fsp3) is 0.333. The Balaban J connectivity index is 2.01. The summed E-state index contributed by atoms with van der Waals surface area (Å²) in [5.74, 6) is -0.485. The van der Waals surface area contributed by atoms with Gasteiger partial charge in [-0.2, -0.15) is 5.26 Å². The van der Waals surface area contributed by atoms with E-state index in [0.717, 1.165) is 20.3 Å². The molecule has 160 valence electrons. The standard InChI is InChI=1S/C24H24FN3OS2/c1-13-9-16(23(30-4)31-13)20-17(12-26)22(27)28(15-7-5-14(25)6-8-15)18-10-24(2,3)11-19(29)21(18)20/h5-9,20H,10-11,27H2,1-4H3. The van der Waals surface area contributed by atoms with Crippen molar-refractivity contribution >= 4 is 34.6 Å². The van der Waals surface area contributed by atoms with Crippen molar-refractivity contribution in [3.63, 3.8) is 0 Å². The predicted octanol–water partition coefficient (Wildman–Crippen LogP) is 5.86. The van der Waals surface area contributed by atoms with Crippen molar-refractivity contribution < 1.29 is 9.18 Å². The van der Waals surface area contributed by atoms with Gasteiger partial charge in [-0.3, -0.25) is 9.69 Å². The van der Waals surface area contributed by atoms with E-state index in [2.05, 4.69) is 26.0 Å². The van der Waals surface area contributed by atoms with E-state index in [9.17, 15) is 14.4 Å². The fourth-order valence-corrected chi connectivity index (χ4v) is 6.49. The first kappa shape index (κ1) is 21.7. The van der Waals surface area contributed by atoms with Crippen molar-refractivity contribution in [3.05, 3.63) is 69.3 Å². The third-order valence-electron chi connectivity index (χ3n) is 5.81. The normalized spacial score (nSPS) is 20.7. The molecule has 2 aromatic rings. The molecule has 1 aliphatic heterocycles. The van der Waals surface area contributed by atoms with Gasteiger partial charge in [-0.25, -0.2) is 4.39 Å². The number of thioether (sulfide) groups is 1. The number of halogens is 1. The third-order valence-corrected chi connectivity index (χ3v) is 8.03. The van der Waals surface area contributed by atoms with Crippen molar-refractivity contribution in [1.29, 1.82) is 5.26 Å². The van der Waals surface area contributed by atoms with E-state index in [1.54, 1.807) is 40.1 Å². The maximum absolute atomic E-state index is 13.6. The molecule has 0 fully saturated rings. The van der Waals surface area contributed by atoms with E-state index >= 15 is 0 Å². The smallest absolute Gasteiger partial charge is 0.162 e. The molecule has 0 spiro atoms. The Morgan fingerprint density at radius 1 is 1.29 bits per heavy atom. The topological polar surface area (TPSA) is 70.1 Å². The number of carbonyl (C=O) groups excluding carboxylic acids is 1. The number of hydrogen-bond donors (Lipinski definition) is 1. The Labute approximate surface area is 190 Å². The molecule has 7 heteroatoms. The number of nitrogens with zero attached hydrogens (tertiary/aromatic N) is 2. The van der Waals surface area contributed by atoms with E-state index < -0.39 is 5.92 Å². The molecule has 0 bridgehead atoms. The average molecular weight is 454 g/mol. The van der Waals surface area contributed by atoms with Crippen LogP contribution in [-0.4, -0.2) is 12.0 Å². The van der Waals surface area contributed by atoms with Gasteiger partial charge >= 0.3 is 0 Å². The summed E-state index contributed by atoms with van der Waals surface area (Å²) >= 11 is 3.28. The van der Waals surface area contributed by atoms with Gasteiger partial charge in [0.2, 0.25) is 0 Å². The number of hydrogen-bond acceptors (Lipinski definition) is 6. The monoisotopic (exact) mass is 453 g/mol. The van der Waals surface area contributed by atoms with Crippen molar-refractivity contribution in [2.45, 2.75) is 43.7 Å². The summed E-state index contributed by atoms with van der Waals surface area (Å²) in [6.45, 7) is 6.16. The maximum atomic E-state index is 13.6. The minimum absolute atomic E-state index is 0.0412. The first-order valence-corrected chi connectivity index (χ1v) is 12.1. The van der Waals surface area contributed by atoms with Crippen LogP contribution in [0.4, 0.5) is 10.1 Å². The molecule has 2 heterocycles. The van der Waals surface area contributed by atoms with Crippen LogP contribution >= 0.6 is 23.1 Å². The molecule has 1 aliphatic carbocycles.